The molecule has 0 radical (unpaired) electrons. The molecule has 0 fully saturated rings. The second kappa shape index (κ2) is 9.85. The van der Waals surface area contributed by atoms with E-state index in [0.717, 1.165) is 12.0 Å². The molecule has 8 nitrogen and oxygen atoms in total. The summed E-state index contributed by atoms with van der Waals surface area (Å²) in [5.74, 6) is -0.116. The lowest BCUT2D eigenvalue weighted by atomic mass is 10.1. The highest BCUT2D eigenvalue weighted by molar-refractivity contribution is 5.79. The number of benzene rings is 1. The number of amides is 1. The van der Waals surface area contributed by atoms with E-state index in [-0.39, 0.29) is 0 Å². The molecule has 4 N–H and O–H groups in total. The van der Waals surface area contributed by atoms with Gasteiger partial charge in [-0.3, -0.25) is 0 Å². The van der Waals surface area contributed by atoms with Crippen LogP contribution < -0.4 is 16.2 Å². The average molecular weight is 353 g/mol. The molecule has 1 aromatic carbocycles. The number of hydrogen-bond acceptors (Lipinski definition) is 7. The smallest absolute Gasteiger partial charge is 0.412 e. The normalized spacial score (nSPS) is 10.9. The summed E-state index contributed by atoms with van der Waals surface area (Å²) in [6, 6.07) is 7.31. The van der Waals surface area contributed by atoms with Gasteiger partial charge in [-0.15, -0.1) is 0 Å². The van der Waals surface area contributed by atoms with Gasteiger partial charge in [-0.1, -0.05) is 12.1 Å². The van der Waals surface area contributed by atoms with Gasteiger partial charge in [0.2, 0.25) is 6.79 Å². The zero-order valence-electron chi connectivity index (χ0n) is 15.0. The number of rotatable bonds is 9. The number of nitrogens with two attached hydrogens (primary N) is 2. The molecule has 0 aliphatic heterocycles. The van der Waals surface area contributed by atoms with Crippen LogP contribution in [-0.2, 0) is 20.7 Å². The summed E-state index contributed by atoms with van der Waals surface area (Å²) in [5, 5.41) is 0. The summed E-state index contributed by atoms with van der Waals surface area (Å²) in [4.78, 5) is 25.0. The van der Waals surface area contributed by atoms with E-state index < -0.39 is 24.5 Å². The molecular weight excluding hydrogens is 326 g/mol. The average Bonchev–Trinajstić information content (AvgIpc) is 2.56. The Kier molecular flexibility index (Phi) is 8.17. The fourth-order valence-electron chi connectivity index (χ4n) is 1.93. The topological polar surface area (TPSA) is 117 Å². The molecule has 0 saturated carbocycles. The van der Waals surface area contributed by atoms with Crippen LogP contribution in [0.15, 0.2) is 24.3 Å². The first-order valence-electron chi connectivity index (χ1n) is 8.03. The predicted molar refractivity (Wildman–Crippen MR) is 93.0 cm³/mol. The Bertz CT molecular complexity index is 560. The molecule has 0 aliphatic rings. The van der Waals surface area contributed by atoms with Crippen LogP contribution in [0.2, 0.25) is 0 Å². The van der Waals surface area contributed by atoms with Crippen LogP contribution in [0.4, 0.5) is 4.79 Å². The zero-order chi connectivity index (χ0) is 18.9. The van der Waals surface area contributed by atoms with Crippen molar-refractivity contribution in [3.05, 3.63) is 29.8 Å². The lowest BCUT2D eigenvalue weighted by Crippen LogP contribution is -2.40. The first kappa shape index (κ1) is 20.7. The van der Waals surface area contributed by atoms with E-state index in [1.54, 1.807) is 33.0 Å². The third kappa shape index (κ3) is 6.98. The van der Waals surface area contributed by atoms with Gasteiger partial charge in [0.25, 0.3) is 0 Å². The fourth-order valence-corrected chi connectivity index (χ4v) is 1.93. The molecule has 140 valence electrons. The van der Waals surface area contributed by atoms with Crippen molar-refractivity contribution in [3.8, 4) is 5.75 Å². The molecule has 1 amide bonds. The minimum atomic E-state index is -1.23. The number of carbonyl (C=O) groups excluding carboxylic acids is 2. The maximum atomic E-state index is 12.1. The van der Waals surface area contributed by atoms with Crippen LogP contribution in [-0.4, -0.2) is 56.0 Å². The Morgan fingerprint density at radius 2 is 1.72 bits per heavy atom. The van der Waals surface area contributed by atoms with Crippen molar-refractivity contribution in [3.63, 3.8) is 0 Å². The standard InChI is InChI=1S/C17H27N3O5/c1-17(2,25-14-6-4-13(5-7-14)8-9-18)15(21)23-12-24-16(22)20(3)11-10-19/h4-7H,8-12,18-19H2,1-3H3. The molecule has 0 atom stereocenters. The fraction of sp³-hybridized carbons (Fsp3) is 0.529. The van der Waals surface area contributed by atoms with Crippen molar-refractivity contribution in [1.29, 1.82) is 0 Å². The molecule has 0 bridgehead atoms. The molecule has 0 saturated heterocycles. The van der Waals surface area contributed by atoms with Gasteiger partial charge < -0.3 is 30.6 Å². The number of ether oxygens (including phenoxy) is 3. The highest BCUT2D eigenvalue weighted by Crippen LogP contribution is 2.20. The second-order valence-electron chi connectivity index (χ2n) is 5.97. The summed E-state index contributed by atoms with van der Waals surface area (Å²) in [6.07, 6.45) is 0.155. The Labute approximate surface area is 148 Å². The quantitative estimate of drug-likeness (QED) is 0.500. The number of likely N-dealkylation sites (N-methyl/N-ethyl adjacent to an activating group) is 1. The van der Waals surface area contributed by atoms with E-state index in [1.807, 2.05) is 12.1 Å². The minimum absolute atomic E-state index is 0.316. The number of hydrogen-bond donors (Lipinski definition) is 2. The molecule has 0 aromatic heterocycles. The van der Waals surface area contributed by atoms with E-state index >= 15 is 0 Å². The van der Waals surface area contributed by atoms with Crippen molar-refractivity contribution in [2.75, 3.05) is 33.5 Å². The summed E-state index contributed by atoms with van der Waals surface area (Å²) in [7, 11) is 1.54. The summed E-state index contributed by atoms with van der Waals surface area (Å²) in [6.45, 7) is 3.89. The highest BCUT2D eigenvalue weighted by Gasteiger charge is 2.32. The maximum absolute atomic E-state index is 12.1. The number of carbonyl (C=O) groups is 2. The third-order valence-corrected chi connectivity index (χ3v) is 3.37. The van der Waals surface area contributed by atoms with Crippen molar-refractivity contribution in [1.82, 2.24) is 4.90 Å². The van der Waals surface area contributed by atoms with E-state index in [2.05, 4.69) is 0 Å². The first-order chi connectivity index (χ1) is 11.8. The second-order valence-corrected chi connectivity index (χ2v) is 5.97. The molecule has 1 aromatic rings. The SMILES string of the molecule is CN(CCN)C(=O)OCOC(=O)C(C)(C)Oc1ccc(CCN)cc1. The third-order valence-electron chi connectivity index (χ3n) is 3.37. The largest absolute Gasteiger partial charge is 0.476 e. The Hall–Kier alpha value is -2.32. The molecule has 8 heteroatoms. The Morgan fingerprint density at radius 3 is 2.28 bits per heavy atom. The van der Waals surface area contributed by atoms with Crippen LogP contribution in [0, 0.1) is 0 Å². The summed E-state index contributed by atoms with van der Waals surface area (Å²) in [5.41, 5.74) is 10.7. The molecule has 0 heterocycles. The predicted octanol–water partition coefficient (Wildman–Crippen LogP) is 0.873. The van der Waals surface area contributed by atoms with Crippen molar-refractivity contribution in [2.45, 2.75) is 25.9 Å². The van der Waals surface area contributed by atoms with Gasteiger partial charge in [-0.2, -0.15) is 0 Å². The summed E-state index contributed by atoms with van der Waals surface area (Å²) >= 11 is 0. The lowest BCUT2D eigenvalue weighted by molar-refractivity contribution is -0.168. The van der Waals surface area contributed by atoms with Crippen LogP contribution in [0.5, 0.6) is 5.75 Å². The number of nitrogens with zero attached hydrogens (tertiary/aromatic N) is 1. The molecule has 25 heavy (non-hydrogen) atoms. The van der Waals surface area contributed by atoms with Gasteiger partial charge in [0.15, 0.2) is 5.60 Å². The molecule has 0 spiro atoms. The minimum Gasteiger partial charge on any atom is -0.476 e. The van der Waals surface area contributed by atoms with Gasteiger partial charge in [0, 0.05) is 20.1 Å². The lowest BCUT2D eigenvalue weighted by Gasteiger charge is -2.24. The highest BCUT2D eigenvalue weighted by atomic mass is 16.7. The van der Waals surface area contributed by atoms with Gasteiger partial charge >= 0.3 is 12.1 Å². The van der Waals surface area contributed by atoms with Gasteiger partial charge in [0.1, 0.15) is 5.75 Å². The summed E-state index contributed by atoms with van der Waals surface area (Å²) < 4.78 is 15.5. The van der Waals surface area contributed by atoms with Gasteiger partial charge in [-0.25, -0.2) is 9.59 Å². The van der Waals surface area contributed by atoms with Crippen LogP contribution in [0.25, 0.3) is 0 Å². The van der Waals surface area contributed by atoms with E-state index in [1.165, 1.54) is 4.90 Å². The Balaban J connectivity index is 2.48. The van der Waals surface area contributed by atoms with E-state index in [0.29, 0.717) is 25.4 Å². The van der Waals surface area contributed by atoms with Gasteiger partial charge in [-0.05, 0) is 44.5 Å². The number of esters is 1. The van der Waals surface area contributed by atoms with Crippen molar-refractivity contribution >= 4 is 12.1 Å². The van der Waals surface area contributed by atoms with Crippen LogP contribution >= 0.6 is 0 Å². The van der Waals surface area contributed by atoms with E-state index in [4.69, 9.17) is 25.7 Å². The first-order valence-corrected chi connectivity index (χ1v) is 8.03. The molecular formula is C17H27N3O5. The van der Waals surface area contributed by atoms with Crippen LogP contribution in [0.1, 0.15) is 19.4 Å². The molecule has 0 unspecified atom stereocenters. The van der Waals surface area contributed by atoms with Crippen molar-refractivity contribution < 1.29 is 23.8 Å². The van der Waals surface area contributed by atoms with E-state index in [9.17, 15) is 9.59 Å². The monoisotopic (exact) mass is 353 g/mol. The molecule has 0 aliphatic carbocycles. The van der Waals surface area contributed by atoms with Crippen molar-refractivity contribution in [2.24, 2.45) is 11.5 Å². The zero-order valence-corrected chi connectivity index (χ0v) is 15.0. The maximum Gasteiger partial charge on any atom is 0.412 e. The Morgan fingerprint density at radius 1 is 1.08 bits per heavy atom. The molecule has 1 rings (SSSR count). The van der Waals surface area contributed by atoms with Crippen LogP contribution in [0.3, 0.4) is 0 Å². The van der Waals surface area contributed by atoms with Gasteiger partial charge in [0.05, 0.1) is 0 Å².